The molecule has 0 aliphatic carbocycles. The molecule has 1 aliphatic rings. The van der Waals surface area contributed by atoms with E-state index in [1.807, 2.05) is 27.7 Å². The summed E-state index contributed by atoms with van der Waals surface area (Å²) in [7, 11) is 0. The summed E-state index contributed by atoms with van der Waals surface area (Å²) in [5, 5.41) is 10.8. The lowest BCUT2D eigenvalue weighted by molar-refractivity contribution is -0.153. The zero-order valence-electron chi connectivity index (χ0n) is 9.83. The highest BCUT2D eigenvalue weighted by Crippen LogP contribution is 2.29. The Morgan fingerprint density at radius 1 is 1.40 bits per heavy atom. The van der Waals surface area contributed by atoms with E-state index in [4.69, 9.17) is 4.74 Å². The molecular formula is C10H19N3O2. The standard InChI is InChI=1S/C10H19N3O2/c1-9(2,3)15-8(14)7-11-6-5-10(4)12-13-10/h11H,5-7H2,1-4H3. The maximum atomic E-state index is 11.3. The van der Waals surface area contributed by atoms with Gasteiger partial charge < -0.3 is 10.1 Å². The lowest BCUT2D eigenvalue weighted by Gasteiger charge is -2.19. The first-order chi connectivity index (χ1) is 6.81. The molecule has 0 unspecified atom stereocenters. The van der Waals surface area contributed by atoms with Crippen molar-refractivity contribution in [2.45, 2.75) is 45.4 Å². The van der Waals surface area contributed by atoms with E-state index >= 15 is 0 Å². The number of carbonyl (C=O) groups excluding carboxylic acids is 1. The molecule has 0 atom stereocenters. The van der Waals surface area contributed by atoms with Gasteiger partial charge in [0.1, 0.15) is 5.60 Å². The van der Waals surface area contributed by atoms with Gasteiger partial charge in [0.05, 0.1) is 6.54 Å². The van der Waals surface area contributed by atoms with Gasteiger partial charge in [0, 0.05) is 6.42 Å². The number of esters is 1. The molecule has 0 saturated carbocycles. The summed E-state index contributed by atoms with van der Waals surface area (Å²) in [6, 6.07) is 0. The van der Waals surface area contributed by atoms with E-state index in [2.05, 4.69) is 15.5 Å². The lowest BCUT2D eigenvalue weighted by atomic mass is 10.2. The van der Waals surface area contributed by atoms with Crippen LogP contribution in [0, 0.1) is 0 Å². The van der Waals surface area contributed by atoms with Gasteiger partial charge in [-0.2, -0.15) is 10.2 Å². The van der Waals surface area contributed by atoms with Crippen LogP contribution in [0.1, 0.15) is 34.1 Å². The number of ether oxygens (including phenoxy) is 1. The Labute approximate surface area is 90.3 Å². The summed E-state index contributed by atoms with van der Waals surface area (Å²) in [5.41, 5.74) is -0.604. The van der Waals surface area contributed by atoms with E-state index in [0.717, 1.165) is 13.0 Å². The quantitative estimate of drug-likeness (QED) is 0.556. The van der Waals surface area contributed by atoms with Crippen molar-refractivity contribution in [2.75, 3.05) is 13.1 Å². The second-order valence-electron chi connectivity index (χ2n) is 4.93. The molecule has 0 aromatic heterocycles. The van der Waals surface area contributed by atoms with Crippen LogP contribution >= 0.6 is 0 Å². The van der Waals surface area contributed by atoms with Crippen molar-refractivity contribution < 1.29 is 9.53 Å². The fraction of sp³-hybridized carbons (Fsp3) is 0.900. The van der Waals surface area contributed by atoms with Crippen LogP contribution in [0.25, 0.3) is 0 Å². The fourth-order valence-corrected chi connectivity index (χ4v) is 1.08. The molecule has 0 radical (unpaired) electrons. The summed E-state index contributed by atoms with van der Waals surface area (Å²) in [4.78, 5) is 11.3. The number of hydrogen-bond acceptors (Lipinski definition) is 5. The van der Waals surface area contributed by atoms with Crippen LogP contribution in [0.4, 0.5) is 0 Å². The highest BCUT2D eigenvalue weighted by molar-refractivity contribution is 5.72. The van der Waals surface area contributed by atoms with Crippen molar-refractivity contribution in [3.63, 3.8) is 0 Å². The third-order valence-corrected chi connectivity index (χ3v) is 1.91. The summed E-state index contributed by atoms with van der Waals surface area (Å²) < 4.78 is 5.14. The van der Waals surface area contributed by atoms with E-state index in [-0.39, 0.29) is 18.2 Å². The van der Waals surface area contributed by atoms with Crippen molar-refractivity contribution in [1.29, 1.82) is 0 Å². The minimum Gasteiger partial charge on any atom is -0.459 e. The Bertz CT molecular complexity index is 262. The van der Waals surface area contributed by atoms with Crippen molar-refractivity contribution in [2.24, 2.45) is 10.2 Å². The Morgan fingerprint density at radius 3 is 2.47 bits per heavy atom. The maximum Gasteiger partial charge on any atom is 0.320 e. The molecule has 5 nitrogen and oxygen atoms in total. The lowest BCUT2D eigenvalue weighted by Crippen LogP contribution is -2.32. The second-order valence-corrected chi connectivity index (χ2v) is 4.93. The van der Waals surface area contributed by atoms with Crippen LogP contribution in [0.3, 0.4) is 0 Å². The highest BCUT2D eigenvalue weighted by Gasteiger charge is 2.32. The van der Waals surface area contributed by atoms with Crippen LogP contribution in [-0.2, 0) is 9.53 Å². The van der Waals surface area contributed by atoms with Crippen molar-refractivity contribution in [1.82, 2.24) is 5.32 Å². The molecular weight excluding hydrogens is 194 g/mol. The van der Waals surface area contributed by atoms with Gasteiger partial charge in [-0.05, 0) is 34.2 Å². The summed E-state index contributed by atoms with van der Waals surface area (Å²) in [6.07, 6.45) is 0.829. The van der Waals surface area contributed by atoms with Crippen LogP contribution in [0.5, 0.6) is 0 Å². The monoisotopic (exact) mass is 213 g/mol. The Morgan fingerprint density at radius 2 is 2.00 bits per heavy atom. The smallest absolute Gasteiger partial charge is 0.320 e. The second kappa shape index (κ2) is 4.26. The zero-order chi connectivity index (χ0) is 11.5. The predicted molar refractivity (Wildman–Crippen MR) is 56.6 cm³/mol. The molecule has 0 aromatic rings. The average Bonchev–Trinajstić information content (AvgIpc) is 2.75. The Balaban J connectivity index is 2.02. The maximum absolute atomic E-state index is 11.3. The molecule has 5 heteroatoms. The van der Waals surface area contributed by atoms with Crippen LogP contribution in [0.15, 0.2) is 10.2 Å². The van der Waals surface area contributed by atoms with E-state index in [0.29, 0.717) is 0 Å². The molecule has 0 bridgehead atoms. The Hall–Kier alpha value is -0.970. The SMILES string of the molecule is CC1(CCNCC(=O)OC(C)(C)C)N=N1. The molecule has 1 aliphatic heterocycles. The van der Waals surface area contributed by atoms with Crippen LogP contribution < -0.4 is 5.32 Å². The first kappa shape index (κ1) is 12.1. The van der Waals surface area contributed by atoms with Gasteiger partial charge in [0.15, 0.2) is 5.66 Å². The third-order valence-electron chi connectivity index (χ3n) is 1.91. The van der Waals surface area contributed by atoms with E-state index in [1.165, 1.54) is 0 Å². The van der Waals surface area contributed by atoms with Crippen LogP contribution in [-0.4, -0.2) is 30.3 Å². The summed E-state index contributed by atoms with van der Waals surface area (Å²) in [6.45, 7) is 8.49. The minimum absolute atomic E-state index is 0.194. The molecule has 0 amide bonds. The molecule has 0 aromatic carbocycles. The molecule has 15 heavy (non-hydrogen) atoms. The average molecular weight is 213 g/mol. The Kier molecular flexibility index (Phi) is 3.44. The normalized spacial score (nSPS) is 17.6. The third kappa shape index (κ3) is 5.47. The van der Waals surface area contributed by atoms with E-state index in [9.17, 15) is 4.79 Å². The van der Waals surface area contributed by atoms with Gasteiger partial charge in [-0.25, -0.2) is 0 Å². The summed E-state index contributed by atoms with van der Waals surface area (Å²) in [5.74, 6) is -0.225. The zero-order valence-corrected chi connectivity index (χ0v) is 9.83. The number of nitrogens with zero attached hydrogens (tertiary/aromatic N) is 2. The molecule has 1 heterocycles. The topological polar surface area (TPSA) is 63.0 Å². The van der Waals surface area contributed by atoms with Crippen molar-refractivity contribution in [3.05, 3.63) is 0 Å². The molecule has 0 saturated heterocycles. The van der Waals surface area contributed by atoms with Gasteiger partial charge in [-0.3, -0.25) is 4.79 Å². The van der Waals surface area contributed by atoms with Crippen molar-refractivity contribution in [3.8, 4) is 0 Å². The highest BCUT2D eigenvalue weighted by atomic mass is 16.6. The van der Waals surface area contributed by atoms with E-state index < -0.39 is 5.60 Å². The largest absolute Gasteiger partial charge is 0.459 e. The molecule has 0 fully saturated rings. The van der Waals surface area contributed by atoms with E-state index in [1.54, 1.807) is 0 Å². The van der Waals surface area contributed by atoms with Gasteiger partial charge in [0.25, 0.3) is 0 Å². The van der Waals surface area contributed by atoms with Gasteiger partial charge in [-0.15, -0.1) is 0 Å². The molecule has 86 valence electrons. The molecule has 1 rings (SSSR count). The molecule has 0 spiro atoms. The number of rotatable bonds is 5. The number of hydrogen-bond donors (Lipinski definition) is 1. The minimum atomic E-state index is -0.411. The first-order valence-electron chi connectivity index (χ1n) is 5.17. The van der Waals surface area contributed by atoms with Gasteiger partial charge in [0.2, 0.25) is 0 Å². The predicted octanol–water partition coefficient (Wildman–Crippen LogP) is 1.49. The van der Waals surface area contributed by atoms with Gasteiger partial charge in [-0.1, -0.05) is 0 Å². The van der Waals surface area contributed by atoms with Gasteiger partial charge >= 0.3 is 5.97 Å². The number of carbonyl (C=O) groups is 1. The van der Waals surface area contributed by atoms with Crippen LogP contribution in [0.2, 0.25) is 0 Å². The molecule has 1 N–H and O–H groups in total. The first-order valence-corrected chi connectivity index (χ1v) is 5.17. The fourth-order valence-electron chi connectivity index (χ4n) is 1.08. The summed E-state index contributed by atoms with van der Waals surface area (Å²) >= 11 is 0. The number of nitrogens with one attached hydrogen (secondary N) is 1. The van der Waals surface area contributed by atoms with Crippen molar-refractivity contribution >= 4 is 5.97 Å².